The van der Waals surface area contributed by atoms with Crippen molar-refractivity contribution in [2.45, 2.75) is 31.7 Å². The molecule has 0 bridgehead atoms. The number of anilines is 1. The summed E-state index contributed by atoms with van der Waals surface area (Å²) in [4.78, 5) is 12.5. The Morgan fingerprint density at radius 3 is 3.00 bits per heavy atom. The molecule has 7 heteroatoms. The van der Waals surface area contributed by atoms with Crippen LogP contribution >= 0.6 is 0 Å². The maximum atomic E-state index is 12.5. The number of nitrogens with zero attached hydrogens (tertiary/aromatic N) is 3. The maximum absolute atomic E-state index is 12.5. The van der Waals surface area contributed by atoms with E-state index in [1.165, 1.54) is 0 Å². The highest BCUT2D eigenvalue weighted by atomic mass is 16.2. The van der Waals surface area contributed by atoms with Gasteiger partial charge in [-0.15, -0.1) is 10.2 Å². The Labute approximate surface area is 122 Å². The van der Waals surface area contributed by atoms with Crippen LogP contribution in [0.2, 0.25) is 0 Å². The summed E-state index contributed by atoms with van der Waals surface area (Å²) in [5.74, 6) is 0.501. The second-order valence-electron chi connectivity index (χ2n) is 5.49. The number of nitrogens with one attached hydrogen (secondary N) is 3. The van der Waals surface area contributed by atoms with Gasteiger partial charge in [-0.1, -0.05) is 12.1 Å². The van der Waals surface area contributed by atoms with Crippen molar-refractivity contribution in [2.75, 3.05) is 11.9 Å². The molecule has 1 aromatic carbocycles. The SMILES string of the molecule is CC1(C(=O)Nc2cccc(-c3nn[nH]n3)c2)CCCCN1. The Morgan fingerprint density at radius 2 is 2.29 bits per heavy atom. The molecule has 0 saturated carbocycles. The van der Waals surface area contributed by atoms with Gasteiger partial charge in [0.05, 0.1) is 5.54 Å². The molecule has 1 aromatic heterocycles. The van der Waals surface area contributed by atoms with Gasteiger partial charge in [-0.3, -0.25) is 4.79 Å². The molecule has 1 aliphatic rings. The quantitative estimate of drug-likeness (QED) is 0.791. The minimum atomic E-state index is -0.500. The van der Waals surface area contributed by atoms with E-state index in [1.54, 1.807) is 0 Å². The number of benzene rings is 1. The normalized spacial score (nSPS) is 22.0. The van der Waals surface area contributed by atoms with Gasteiger partial charge >= 0.3 is 0 Å². The Bertz CT molecular complexity index is 618. The molecule has 1 fully saturated rings. The molecule has 3 rings (SSSR count). The first kappa shape index (κ1) is 13.7. The van der Waals surface area contributed by atoms with E-state index in [4.69, 9.17) is 0 Å². The van der Waals surface area contributed by atoms with Crippen LogP contribution in [0.15, 0.2) is 24.3 Å². The molecule has 0 spiro atoms. The lowest BCUT2D eigenvalue weighted by atomic mass is 9.90. The molecule has 1 saturated heterocycles. The van der Waals surface area contributed by atoms with Crippen LogP contribution in [-0.2, 0) is 4.79 Å². The van der Waals surface area contributed by atoms with E-state index in [2.05, 4.69) is 31.3 Å². The molecule has 1 atom stereocenters. The van der Waals surface area contributed by atoms with Gasteiger partial charge in [0.25, 0.3) is 0 Å². The Morgan fingerprint density at radius 1 is 1.38 bits per heavy atom. The van der Waals surface area contributed by atoms with Crippen molar-refractivity contribution in [1.82, 2.24) is 25.9 Å². The fourth-order valence-electron chi connectivity index (χ4n) is 2.54. The second kappa shape index (κ2) is 5.61. The first-order valence-electron chi connectivity index (χ1n) is 7.08. The number of aromatic nitrogens is 4. The molecule has 1 unspecified atom stereocenters. The smallest absolute Gasteiger partial charge is 0.244 e. The third-order valence-electron chi connectivity index (χ3n) is 3.84. The van der Waals surface area contributed by atoms with Gasteiger partial charge in [0.15, 0.2) is 0 Å². The van der Waals surface area contributed by atoms with Gasteiger partial charge in [-0.2, -0.15) is 5.21 Å². The Balaban J connectivity index is 1.76. The fraction of sp³-hybridized carbons (Fsp3) is 0.429. The van der Waals surface area contributed by atoms with Crippen LogP contribution in [0.25, 0.3) is 11.4 Å². The van der Waals surface area contributed by atoms with Crippen molar-refractivity contribution in [3.05, 3.63) is 24.3 Å². The standard InChI is InChI=1S/C14H18N6O/c1-14(7-2-3-8-15-14)13(21)16-11-6-4-5-10(9-11)12-17-19-20-18-12/h4-6,9,15H,2-3,7-8H2,1H3,(H,16,21)(H,17,18,19,20). The largest absolute Gasteiger partial charge is 0.324 e. The summed E-state index contributed by atoms with van der Waals surface area (Å²) in [5, 5.41) is 20.1. The number of rotatable bonds is 3. The number of hydrogen-bond donors (Lipinski definition) is 3. The van der Waals surface area contributed by atoms with Gasteiger partial charge in [-0.25, -0.2) is 0 Å². The summed E-state index contributed by atoms with van der Waals surface area (Å²) in [5.41, 5.74) is 1.04. The van der Waals surface area contributed by atoms with E-state index < -0.39 is 5.54 Å². The van der Waals surface area contributed by atoms with E-state index in [0.717, 1.165) is 37.1 Å². The van der Waals surface area contributed by atoms with Gasteiger partial charge in [0.1, 0.15) is 0 Å². The van der Waals surface area contributed by atoms with Gasteiger partial charge in [0.2, 0.25) is 11.7 Å². The minimum Gasteiger partial charge on any atom is -0.324 e. The van der Waals surface area contributed by atoms with Gasteiger partial charge in [-0.05, 0) is 50.1 Å². The molecular weight excluding hydrogens is 268 g/mol. The van der Waals surface area contributed by atoms with Crippen molar-refractivity contribution in [3.63, 3.8) is 0 Å². The maximum Gasteiger partial charge on any atom is 0.244 e. The molecule has 3 N–H and O–H groups in total. The number of tetrazole rings is 1. The molecule has 21 heavy (non-hydrogen) atoms. The number of piperidine rings is 1. The second-order valence-corrected chi connectivity index (χ2v) is 5.49. The highest BCUT2D eigenvalue weighted by Gasteiger charge is 2.34. The highest BCUT2D eigenvalue weighted by molar-refractivity contribution is 5.98. The lowest BCUT2D eigenvalue weighted by molar-refractivity contribution is -0.122. The topological polar surface area (TPSA) is 95.6 Å². The van der Waals surface area contributed by atoms with Crippen molar-refractivity contribution in [2.24, 2.45) is 0 Å². The van der Waals surface area contributed by atoms with E-state index in [-0.39, 0.29) is 5.91 Å². The molecule has 110 valence electrons. The number of carbonyl (C=O) groups is 1. The fourth-order valence-corrected chi connectivity index (χ4v) is 2.54. The molecule has 1 aliphatic heterocycles. The Hall–Kier alpha value is -2.28. The predicted octanol–water partition coefficient (Wildman–Crippen LogP) is 1.34. The zero-order valence-electron chi connectivity index (χ0n) is 11.9. The van der Waals surface area contributed by atoms with Crippen LogP contribution in [0.3, 0.4) is 0 Å². The van der Waals surface area contributed by atoms with E-state index in [1.807, 2.05) is 31.2 Å². The lowest BCUT2D eigenvalue weighted by Crippen LogP contribution is -2.54. The number of carbonyl (C=O) groups excluding carboxylic acids is 1. The van der Waals surface area contributed by atoms with Crippen molar-refractivity contribution < 1.29 is 4.79 Å². The number of aromatic amines is 1. The molecule has 7 nitrogen and oxygen atoms in total. The monoisotopic (exact) mass is 286 g/mol. The van der Waals surface area contributed by atoms with E-state index >= 15 is 0 Å². The number of amides is 1. The predicted molar refractivity (Wildman–Crippen MR) is 78.5 cm³/mol. The first-order valence-corrected chi connectivity index (χ1v) is 7.08. The minimum absolute atomic E-state index is 0.00698. The number of hydrogen-bond acceptors (Lipinski definition) is 5. The summed E-state index contributed by atoms with van der Waals surface area (Å²) in [6, 6.07) is 7.43. The number of H-pyrrole nitrogens is 1. The summed E-state index contributed by atoms with van der Waals surface area (Å²) in [7, 11) is 0. The molecule has 0 aliphatic carbocycles. The van der Waals surface area contributed by atoms with Crippen molar-refractivity contribution >= 4 is 11.6 Å². The van der Waals surface area contributed by atoms with Crippen LogP contribution in [0.4, 0.5) is 5.69 Å². The molecule has 0 radical (unpaired) electrons. The zero-order valence-corrected chi connectivity index (χ0v) is 11.9. The van der Waals surface area contributed by atoms with Crippen LogP contribution < -0.4 is 10.6 Å². The van der Waals surface area contributed by atoms with Gasteiger partial charge in [0, 0.05) is 11.3 Å². The average molecular weight is 286 g/mol. The summed E-state index contributed by atoms with van der Waals surface area (Å²) < 4.78 is 0. The summed E-state index contributed by atoms with van der Waals surface area (Å²) in [6.45, 7) is 2.83. The van der Waals surface area contributed by atoms with Crippen molar-refractivity contribution in [3.8, 4) is 11.4 Å². The zero-order chi connectivity index (χ0) is 14.7. The van der Waals surface area contributed by atoms with E-state index in [0.29, 0.717) is 5.82 Å². The third-order valence-corrected chi connectivity index (χ3v) is 3.84. The third kappa shape index (κ3) is 2.92. The average Bonchev–Trinajstić information content (AvgIpc) is 3.02. The molecule has 1 amide bonds. The summed E-state index contributed by atoms with van der Waals surface area (Å²) in [6.07, 6.45) is 3.04. The summed E-state index contributed by atoms with van der Waals surface area (Å²) >= 11 is 0. The van der Waals surface area contributed by atoms with Crippen molar-refractivity contribution in [1.29, 1.82) is 0 Å². The van der Waals surface area contributed by atoms with Gasteiger partial charge < -0.3 is 10.6 Å². The van der Waals surface area contributed by atoms with E-state index in [9.17, 15) is 4.79 Å². The first-order chi connectivity index (χ1) is 10.2. The van der Waals surface area contributed by atoms with Crippen LogP contribution in [0.5, 0.6) is 0 Å². The van der Waals surface area contributed by atoms with Crippen LogP contribution in [0, 0.1) is 0 Å². The lowest BCUT2D eigenvalue weighted by Gasteiger charge is -2.33. The van der Waals surface area contributed by atoms with Crippen LogP contribution in [-0.4, -0.2) is 38.6 Å². The molecule has 2 aromatic rings. The molecular formula is C14H18N6O. The Kier molecular flexibility index (Phi) is 3.66. The van der Waals surface area contributed by atoms with Crippen LogP contribution in [0.1, 0.15) is 26.2 Å². The molecule has 2 heterocycles. The highest BCUT2D eigenvalue weighted by Crippen LogP contribution is 2.23.